The fourth-order valence-corrected chi connectivity index (χ4v) is 6.55. The molecule has 3 heteroatoms. The Hall–Kier alpha value is -2.42. The molecule has 3 fully saturated rings. The highest BCUT2D eigenvalue weighted by Crippen LogP contribution is 3.04. The van der Waals surface area contributed by atoms with Crippen molar-refractivity contribution >= 4 is 12.3 Å². The van der Waals surface area contributed by atoms with Crippen LogP contribution in [0.15, 0.2) is 60.7 Å². The zero-order chi connectivity index (χ0) is 17.3. The zero-order valence-corrected chi connectivity index (χ0v) is 14.1. The quantitative estimate of drug-likeness (QED) is 0.633. The summed E-state index contributed by atoms with van der Waals surface area (Å²) >= 11 is 0. The first-order chi connectivity index (χ1) is 12.2. The van der Waals surface area contributed by atoms with E-state index >= 15 is 0 Å². The van der Waals surface area contributed by atoms with Crippen LogP contribution in [0.3, 0.4) is 0 Å². The van der Waals surface area contributed by atoms with Crippen LogP contribution in [0.5, 0.6) is 0 Å². The Bertz CT molecular complexity index is 861. The lowest BCUT2D eigenvalue weighted by Gasteiger charge is -2.16. The topological polar surface area (TPSA) is 43.4 Å². The van der Waals surface area contributed by atoms with Gasteiger partial charge in [-0.1, -0.05) is 60.7 Å². The van der Waals surface area contributed by atoms with Crippen LogP contribution in [0.4, 0.5) is 0 Å². The Balaban J connectivity index is 1.70. The molecule has 3 nitrogen and oxygen atoms in total. The first-order valence-electron chi connectivity index (χ1n) is 8.85. The summed E-state index contributed by atoms with van der Waals surface area (Å²) in [6.07, 6.45) is 2.65. The molecule has 3 aliphatic carbocycles. The normalized spacial score (nSPS) is 39.9. The number of carbonyl (C=O) groups excluding carboxylic acids is 2. The lowest BCUT2D eigenvalue weighted by atomic mass is 9.89. The van der Waals surface area contributed by atoms with Gasteiger partial charge in [-0.2, -0.15) is 0 Å². The molecule has 5 unspecified atom stereocenters. The monoisotopic (exact) mass is 332 g/mol. The second-order valence-corrected chi connectivity index (χ2v) is 7.68. The SMILES string of the molecule is COC(=O)C12CCC3(C=O)C(c4ccccc4)C31C2c1ccccc1. The van der Waals surface area contributed by atoms with E-state index < -0.39 is 10.8 Å². The smallest absolute Gasteiger partial charge is 0.313 e. The number of methoxy groups -OCH3 is 1. The molecule has 0 aromatic heterocycles. The van der Waals surface area contributed by atoms with E-state index in [1.54, 1.807) is 0 Å². The van der Waals surface area contributed by atoms with E-state index in [0.29, 0.717) is 0 Å². The van der Waals surface area contributed by atoms with Gasteiger partial charge in [0.05, 0.1) is 12.5 Å². The molecule has 0 bridgehead atoms. The number of rotatable bonds is 4. The second-order valence-electron chi connectivity index (χ2n) is 7.68. The van der Waals surface area contributed by atoms with Crippen molar-refractivity contribution in [3.05, 3.63) is 71.8 Å². The number of benzene rings is 2. The summed E-state index contributed by atoms with van der Waals surface area (Å²) in [6, 6.07) is 20.4. The largest absolute Gasteiger partial charge is 0.469 e. The van der Waals surface area contributed by atoms with E-state index in [1.165, 1.54) is 12.7 Å². The maximum Gasteiger partial charge on any atom is 0.313 e. The van der Waals surface area contributed by atoms with Gasteiger partial charge in [0.1, 0.15) is 6.29 Å². The van der Waals surface area contributed by atoms with E-state index in [-0.39, 0.29) is 23.2 Å². The van der Waals surface area contributed by atoms with Crippen LogP contribution in [0.2, 0.25) is 0 Å². The Morgan fingerprint density at radius 3 is 2.04 bits per heavy atom. The highest BCUT2D eigenvalue weighted by Gasteiger charge is 3.03. The fraction of sp³-hybridized carbons (Fsp3) is 0.364. The summed E-state index contributed by atoms with van der Waals surface area (Å²) in [5, 5.41) is 0. The van der Waals surface area contributed by atoms with Crippen molar-refractivity contribution in [1.82, 2.24) is 0 Å². The van der Waals surface area contributed by atoms with Crippen LogP contribution in [0, 0.1) is 16.2 Å². The minimum Gasteiger partial charge on any atom is -0.469 e. The molecule has 0 aliphatic heterocycles. The van der Waals surface area contributed by atoms with Crippen molar-refractivity contribution < 1.29 is 14.3 Å². The van der Waals surface area contributed by atoms with Crippen molar-refractivity contribution in [3.63, 3.8) is 0 Å². The molecule has 0 saturated heterocycles. The van der Waals surface area contributed by atoms with Gasteiger partial charge >= 0.3 is 5.97 Å². The minimum absolute atomic E-state index is 0.0674. The Morgan fingerprint density at radius 2 is 1.52 bits per heavy atom. The molecule has 2 aromatic rings. The number of ether oxygens (including phenoxy) is 1. The maximum absolute atomic E-state index is 12.9. The van der Waals surface area contributed by atoms with Crippen LogP contribution in [-0.4, -0.2) is 19.4 Å². The molecule has 0 N–H and O–H groups in total. The van der Waals surface area contributed by atoms with E-state index in [4.69, 9.17) is 4.74 Å². The molecule has 25 heavy (non-hydrogen) atoms. The van der Waals surface area contributed by atoms with E-state index in [9.17, 15) is 9.59 Å². The molecule has 2 aromatic carbocycles. The number of hydrogen-bond donors (Lipinski definition) is 0. The van der Waals surface area contributed by atoms with Crippen molar-refractivity contribution in [3.8, 4) is 0 Å². The highest BCUT2D eigenvalue weighted by molar-refractivity contribution is 5.95. The lowest BCUT2D eigenvalue weighted by molar-refractivity contribution is -0.148. The van der Waals surface area contributed by atoms with Crippen LogP contribution in [0.1, 0.15) is 35.8 Å². The summed E-state index contributed by atoms with van der Waals surface area (Å²) in [4.78, 5) is 25.2. The first-order valence-corrected chi connectivity index (χ1v) is 8.85. The van der Waals surface area contributed by atoms with Crippen molar-refractivity contribution in [2.24, 2.45) is 16.2 Å². The molecule has 1 spiro atoms. The second kappa shape index (κ2) is 4.60. The van der Waals surface area contributed by atoms with Gasteiger partial charge in [0.2, 0.25) is 0 Å². The standard InChI is InChI=1S/C22H20O3/c1-25-19(24)21-13-12-20(14-23)17(15-8-4-2-5-9-15)22(20,21)18(21)16-10-6-3-7-11-16/h2-11,14,17-18H,12-13H2,1H3. The predicted molar refractivity (Wildman–Crippen MR) is 93.0 cm³/mol. The summed E-state index contributed by atoms with van der Waals surface area (Å²) in [5.41, 5.74) is 1.03. The van der Waals surface area contributed by atoms with E-state index in [2.05, 4.69) is 24.3 Å². The van der Waals surface area contributed by atoms with Gasteiger partial charge < -0.3 is 9.53 Å². The Morgan fingerprint density at radius 1 is 0.960 bits per heavy atom. The van der Waals surface area contributed by atoms with Gasteiger partial charge in [-0.05, 0) is 24.0 Å². The summed E-state index contributed by atoms with van der Waals surface area (Å²) in [6.45, 7) is 0. The van der Waals surface area contributed by atoms with Gasteiger partial charge in [-0.15, -0.1) is 0 Å². The zero-order valence-electron chi connectivity index (χ0n) is 14.1. The third-order valence-corrected chi connectivity index (χ3v) is 7.22. The molecule has 0 heterocycles. The number of hydrogen-bond acceptors (Lipinski definition) is 3. The van der Waals surface area contributed by atoms with Gasteiger partial charge in [0, 0.05) is 22.7 Å². The first kappa shape index (κ1) is 14.9. The molecule has 126 valence electrons. The fourth-order valence-electron chi connectivity index (χ4n) is 6.55. The van der Waals surface area contributed by atoms with Crippen LogP contribution in [0.25, 0.3) is 0 Å². The minimum atomic E-state index is -0.551. The van der Waals surface area contributed by atoms with E-state index in [0.717, 1.165) is 24.7 Å². The molecule has 0 amide bonds. The molecule has 5 atom stereocenters. The molecule has 3 saturated carbocycles. The highest BCUT2D eigenvalue weighted by atomic mass is 16.5. The molecular formula is C22H20O3. The van der Waals surface area contributed by atoms with Crippen molar-refractivity contribution in [1.29, 1.82) is 0 Å². The number of aldehydes is 1. The summed E-state index contributed by atoms with van der Waals surface area (Å²) < 4.78 is 5.24. The Kier molecular flexibility index (Phi) is 2.74. The van der Waals surface area contributed by atoms with Crippen LogP contribution in [-0.2, 0) is 14.3 Å². The van der Waals surface area contributed by atoms with Gasteiger partial charge in [0.25, 0.3) is 0 Å². The van der Waals surface area contributed by atoms with Crippen LogP contribution >= 0.6 is 0 Å². The summed E-state index contributed by atoms with van der Waals surface area (Å²) in [5.74, 6) is 0.0260. The van der Waals surface area contributed by atoms with Gasteiger partial charge in [-0.3, -0.25) is 4.79 Å². The lowest BCUT2D eigenvalue weighted by Crippen LogP contribution is -2.21. The van der Waals surface area contributed by atoms with Crippen LogP contribution < -0.4 is 0 Å². The average Bonchev–Trinajstić information content (AvgIpc) is 3.48. The predicted octanol–water partition coefficient (Wildman–Crippen LogP) is 3.71. The van der Waals surface area contributed by atoms with E-state index in [1.807, 2.05) is 36.4 Å². The number of esters is 1. The molecule has 0 radical (unpaired) electrons. The maximum atomic E-state index is 12.9. The molecule has 5 rings (SSSR count). The van der Waals surface area contributed by atoms with Gasteiger partial charge in [0.15, 0.2) is 0 Å². The third-order valence-electron chi connectivity index (χ3n) is 7.22. The molecular weight excluding hydrogens is 312 g/mol. The number of carbonyl (C=O) groups is 2. The Labute approximate surface area is 147 Å². The van der Waals surface area contributed by atoms with Crippen molar-refractivity contribution in [2.75, 3.05) is 7.11 Å². The van der Waals surface area contributed by atoms with Crippen molar-refractivity contribution in [2.45, 2.75) is 24.7 Å². The molecule has 3 aliphatic rings. The van der Waals surface area contributed by atoms with Gasteiger partial charge in [-0.25, -0.2) is 0 Å². The average molecular weight is 332 g/mol. The third kappa shape index (κ3) is 1.37. The summed E-state index contributed by atoms with van der Waals surface area (Å²) in [7, 11) is 1.46.